The highest BCUT2D eigenvalue weighted by Gasteiger charge is 2.12. The molecule has 0 aromatic carbocycles. The van der Waals surface area contributed by atoms with Crippen molar-refractivity contribution in [1.82, 2.24) is 10.4 Å². The van der Waals surface area contributed by atoms with Crippen LogP contribution in [0.25, 0.3) is 0 Å². The molecule has 11 heavy (non-hydrogen) atoms. The number of carboxylic acid groups (broad SMARTS) is 1. The largest absolute Gasteiger partial charge is 0.465 e. The molecule has 1 aliphatic heterocycles. The molecule has 2 N–H and O–H groups in total. The monoisotopic (exact) mass is 182 g/mol. The summed E-state index contributed by atoms with van der Waals surface area (Å²) in [6.07, 6.45) is -0.882. The van der Waals surface area contributed by atoms with Gasteiger partial charge in [0, 0.05) is 19.6 Å². The van der Waals surface area contributed by atoms with Crippen LogP contribution < -0.4 is 5.48 Å². The molecule has 0 aliphatic carbocycles. The topological polar surface area (TPSA) is 61.8 Å². The van der Waals surface area contributed by atoms with Crippen LogP contribution in [0.3, 0.4) is 0 Å². The fraction of sp³-hybridized carbons (Fsp3) is 0.800. The summed E-state index contributed by atoms with van der Waals surface area (Å²) in [7, 11) is 0. The molecule has 0 saturated carbocycles. The number of hydrogen-bond acceptors (Lipinski definition) is 3. The smallest absolute Gasteiger partial charge is 0.407 e. The Bertz CT molecular complexity index is 125. The zero-order valence-electron chi connectivity index (χ0n) is 5.95. The lowest BCUT2D eigenvalue weighted by atomic mass is 10.5. The van der Waals surface area contributed by atoms with Crippen molar-refractivity contribution < 1.29 is 14.7 Å². The number of hydroxylamine groups is 1. The Morgan fingerprint density at radius 3 is 2.91 bits per heavy atom. The molecule has 1 heterocycles. The lowest BCUT2D eigenvalue weighted by molar-refractivity contribution is 0.0547. The Hall–Kier alpha value is -0.520. The van der Waals surface area contributed by atoms with Crippen LogP contribution in [0, 0.1) is 0 Å². The minimum atomic E-state index is -0.882. The number of rotatable bonds is 0. The zero-order chi connectivity index (χ0) is 7.40. The van der Waals surface area contributed by atoms with Crippen molar-refractivity contribution in [3.05, 3.63) is 0 Å². The fourth-order valence-electron chi connectivity index (χ4n) is 0.784. The molecule has 0 unspecified atom stereocenters. The van der Waals surface area contributed by atoms with Crippen LogP contribution in [0.5, 0.6) is 0 Å². The van der Waals surface area contributed by atoms with Gasteiger partial charge in [-0.1, -0.05) is 0 Å². The van der Waals surface area contributed by atoms with Gasteiger partial charge in [0.25, 0.3) is 0 Å². The molecule has 6 heteroatoms. The van der Waals surface area contributed by atoms with E-state index in [9.17, 15) is 4.79 Å². The molecular weight excluding hydrogens is 172 g/mol. The second-order valence-electron chi connectivity index (χ2n) is 2.01. The number of halogens is 1. The standard InChI is InChI=1S/C5H10N2O3.ClH/c8-5(9)7-2-1-6-10-4-3-7;/h6H,1-4H2,(H,8,9);1H. The average Bonchev–Trinajstić information content (AvgIpc) is 2.12. The van der Waals surface area contributed by atoms with Gasteiger partial charge in [0.1, 0.15) is 0 Å². The zero-order valence-corrected chi connectivity index (χ0v) is 6.76. The number of hydrogen-bond donors (Lipinski definition) is 2. The molecular formula is C5H11ClN2O3. The van der Waals surface area contributed by atoms with Crippen LogP contribution in [-0.2, 0) is 4.84 Å². The first-order valence-corrected chi connectivity index (χ1v) is 3.13. The van der Waals surface area contributed by atoms with Crippen LogP contribution >= 0.6 is 12.4 Å². The number of carbonyl (C=O) groups is 1. The number of nitrogens with one attached hydrogen (secondary N) is 1. The summed E-state index contributed by atoms with van der Waals surface area (Å²) in [6.45, 7) is 1.93. The molecule has 1 fully saturated rings. The minimum absolute atomic E-state index is 0. The first-order valence-electron chi connectivity index (χ1n) is 3.13. The normalized spacial score (nSPS) is 18.4. The van der Waals surface area contributed by atoms with Gasteiger partial charge >= 0.3 is 6.09 Å². The lowest BCUT2D eigenvalue weighted by Crippen LogP contribution is -2.33. The molecule has 0 spiro atoms. The third-order valence-electron chi connectivity index (χ3n) is 1.32. The van der Waals surface area contributed by atoms with Gasteiger partial charge in [0.2, 0.25) is 0 Å². The van der Waals surface area contributed by atoms with E-state index >= 15 is 0 Å². The molecule has 5 nitrogen and oxygen atoms in total. The van der Waals surface area contributed by atoms with E-state index in [4.69, 9.17) is 9.94 Å². The van der Waals surface area contributed by atoms with E-state index in [1.807, 2.05) is 0 Å². The van der Waals surface area contributed by atoms with Gasteiger partial charge in [-0.05, 0) is 0 Å². The van der Waals surface area contributed by atoms with E-state index in [2.05, 4.69) is 5.48 Å². The summed E-state index contributed by atoms with van der Waals surface area (Å²) in [6, 6.07) is 0. The highest BCUT2D eigenvalue weighted by atomic mass is 35.5. The van der Waals surface area contributed by atoms with Gasteiger partial charge in [-0.2, -0.15) is 0 Å². The molecule has 1 amide bonds. The molecule has 66 valence electrons. The predicted molar refractivity (Wildman–Crippen MR) is 40.8 cm³/mol. The second-order valence-corrected chi connectivity index (χ2v) is 2.01. The van der Waals surface area contributed by atoms with E-state index < -0.39 is 6.09 Å². The second kappa shape index (κ2) is 5.17. The SMILES string of the molecule is Cl.O=C(O)N1CCNOCC1. The third kappa shape index (κ3) is 3.41. The van der Waals surface area contributed by atoms with Crippen LogP contribution in [0.15, 0.2) is 0 Å². The summed E-state index contributed by atoms with van der Waals surface area (Å²) in [5.41, 5.74) is 2.63. The Kier molecular flexibility index (Phi) is 4.93. The summed E-state index contributed by atoms with van der Waals surface area (Å²) < 4.78 is 0. The first kappa shape index (κ1) is 10.5. The van der Waals surface area contributed by atoms with E-state index in [1.54, 1.807) is 0 Å². The highest BCUT2D eigenvalue weighted by molar-refractivity contribution is 5.85. The quantitative estimate of drug-likeness (QED) is 0.550. The number of amides is 1. The molecule has 0 atom stereocenters. The van der Waals surface area contributed by atoms with E-state index in [1.165, 1.54) is 4.90 Å². The molecule has 1 rings (SSSR count). The lowest BCUT2D eigenvalue weighted by Gasteiger charge is -2.13. The minimum Gasteiger partial charge on any atom is -0.465 e. The van der Waals surface area contributed by atoms with E-state index in [0.717, 1.165) is 0 Å². The van der Waals surface area contributed by atoms with Crippen LogP contribution in [0.4, 0.5) is 4.79 Å². The van der Waals surface area contributed by atoms with Crippen molar-refractivity contribution in [3.8, 4) is 0 Å². The van der Waals surface area contributed by atoms with Gasteiger partial charge in [-0.3, -0.25) is 4.84 Å². The average molecular weight is 183 g/mol. The maximum Gasteiger partial charge on any atom is 0.407 e. The predicted octanol–water partition coefficient (Wildman–Crippen LogP) is -0.0770. The van der Waals surface area contributed by atoms with Crippen molar-refractivity contribution in [2.75, 3.05) is 26.2 Å². The van der Waals surface area contributed by atoms with Gasteiger partial charge in [-0.15, -0.1) is 12.4 Å². The van der Waals surface area contributed by atoms with Crippen LogP contribution in [-0.4, -0.2) is 42.3 Å². The molecule has 0 radical (unpaired) electrons. The molecule has 0 aromatic heterocycles. The van der Waals surface area contributed by atoms with Gasteiger partial charge in [0.05, 0.1) is 6.61 Å². The molecule has 0 bridgehead atoms. The summed E-state index contributed by atoms with van der Waals surface area (Å²) >= 11 is 0. The summed E-state index contributed by atoms with van der Waals surface area (Å²) in [5, 5.41) is 8.51. The van der Waals surface area contributed by atoms with E-state index in [-0.39, 0.29) is 12.4 Å². The fourth-order valence-corrected chi connectivity index (χ4v) is 0.784. The van der Waals surface area contributed by atoms with Crippen molar-refractivity contribution in [2.45, 2.75) is 0 Å². The van der Waals surface area contributed by atoms with Gasteiger partial charge in [0.15, 0.2) is 0 Å². The van der Waals surface area contributed by atoms with Crippen LogP contribution in [0.2, 0.25) is 0 Å². The van der Waals surface area contributed by atoms with Crippen molar-refractivity contribution in [3.63, 3.8) is 0 Å². The molecule has 1 aliphatic rings. The van der Waals surface area contributed by atoms with Crippen LogP contribution in [0.1, 0.15) is 0 Å². The van der Waals surface area contributed by atoms with E-state index in [0.29, 0.717) is 26.2 Å². The maximum atomic E-state index is 10.3. The van der Waals surface area contributed by atoms with Crippen molar-refractivity contribution >= 4 is 18.5 Å². The van der Waals surface area contributed by atoms with Gasteiger partial charge < -0.3 is 10.0 Å². The molecule has 0 aromatic rings. The highest BCUT2D eigenvalue weighted by Crippen LogP contribution is 1.91. The maximum absolute atomic E-state index is 10.3. The Balaban J connectivity index is 0.000001000. The Labute approximate surface area is 70.7 Å². The third-order valence-corrected chi connectivity index (χ3v) is 1.32. The Morgan fingerprint density at radius 2 is 2.27 bits per heavy atom. The molecule has 1 saturated heterocycles. The van der Waals surface area contributed by atoms with Gasteiger partial charge in [-0.25, -0.2) is 10.3 Å². The van der Waals surface area contributed by atoms with Crippen molar-refractivity contribution in [2.24, 2.45) is 0 Å². The van der Waals surface area contributed by atoms with Crippen molar-refractivity contribution in [1.29, 1.82) is 0 Å². The Morgan fingerprint density at radius 1 is 1.55 bits per heavy atom. The summed E-state index contributed by atoms with van der Waals surface area (Å²) in [5.74, 6) is 0. The summed E-state index contributed by atoms with van der Waals surface area (Å²) in [4.78, 5) is 16.5. The first-order chi connectivity index (χ1) is 4.80. The number of nitrogens with zero attached hydrogens (tertiary/aromatic N) is 1.